The Hall–Kier alpha value is -1.01. The van der Waals surface area contributed by atoms with Crippen molar-refractivity contribution in [2.75, 3.05) is 0 Å². The quantitative estimate of drug-likeness (QED) is 0.313. The first-order valence-electron chi connectivity index (χ1n) is 2.67. The Labute approximate surface area is 67.3 Å². The highest BCUT2D eigenvalue weighted by Gasteiger charge is 1.78. The minimum absolute atomic E-state index is 0.381. The Morgan fingerprint density at radius 2 is 1.75 bits per heavy atom. The van der Waals surface area contributed by atoms with E-state index in [0.29, 0.717) is 0 Å². The summed E-state index contributed by atoms with van der Waals surface area (Å²) >= 11 is 0. The maximum Gasteiger partial charge on any atom is 0.325 e. The second-order valence-electron chi connectivity index (χ2n) is 1.56. The molecular weight excluding hydrogens is 187 g/mol. The van der Waals surface area contributed by atoms with Crippen LogP contribution in [0.3, 0.4) is 0 Å². The molecule has 8 heteroatoms. The lowest BCUT2D eigenvalue weighted by Crippen LogP contribution is -2.19. The molecule has 0 unspecified atom stereocenters. The predicted molar refractivity (Wildman–Crippen MR) is 41.3 cm³/mol. The fourth-order valence-corrected chi connectivity index (χ4v) is 0.383. The molecule has 0 fully saturated rings. The van der Waals surface area contributed by atoms with Crippen molar-refractivity contribution in [3.8, 4) is 0 Å². The van der Waals surface area contributed by atoms with E-state index in [9.17, 15) is 9.59 Å². The minimum Gasteiger partial charge on any atom is -0.328 e. The SMILES string of the molecule is O=c1cc[nH]c(=O)[nH]1.OP(O)O. The molecule has 0 saturated heterocycles. The van der Waals surface area contributed by atoms with E-state index in [0.717, 1.165) is 0 Å². The number of hydrogen-bond acceptors (Lipinski definition) is 5. The van der Waals surface area contributed by atoms with Crippen LogP contribution in [0.5, 0.6) is 0 Å². The Morgan fingerprint density at radius 1 is 1.25 bits per heavy atom. The number of aromatic nitrogens is 2. The lowest BCUT2D eigenvalue weighted by molar-refractivity contribution is 0.368. The van der Waals surface area contributed by atoms with Crippen molar-refractivity contribution < 1.29 is 14.7 Å². The highest BCUT2D eigenvalue weighted by Crippen LogP contribution is 2.11. The van der Waals surface area contributed by atoms with Crippen LogP contribution >= 0.6 is 8.60 Å². The minimum atomic E-state index is -2.62. The maximum absolute atomic E-state index is 10.2. The van der Waals surface area contributed by atoms with E-state index in [1.165, 1.54) is 12.3 Å². The number of hydrogen-bond donors (Lipinski definition) is 5. The Bertz CT molecular complexity index is 289. The highest BCUT2D eigenvalue weighted by molar-refractivity contribution is 7.38. The summed E-state index contributed by atoms with van der Waals surface area (Å²) in [6, 6.07) is 1.24. The third-order valence-electron chi connectivity index (χ3n) is 0.686. The van der Waals surface area contributed by atoms with Crippen LogP contribution in [0.2, 0.25) is 0 Å². The van der Waals surface area contributed by atoms with Gasteiger partial charge in [-0.1, -0.05) is 0 Å². The van der Waals surface area contributed by atoms with Crippen molar-refractivity contribution in [3.05, 3.63) is 33.1 Å². The van der Waals surface area contributed by atoms with Gasteiger partial charge in [-0.2, -0.15) is 0 Å². The molecule has 0 spiro atoms. The van der Waals surface area contributed by atoms with E-state index in [2.05, 4.69) is 4.98 Å². The average Bonchev–Trinajstić information content (AvgIpc) is 1.84. The summed E-state index contributed by atoms with van der Waals surface area (Å²) in [5, 5.41) is 0. The maximum atomic E-state index is 10.2. The molecule has 0 saturated carbocycles. The van der Waals surface area contributed by atoms with E-state index >= 15 is 0 Å². The van der Waals surface area contributed by atoms with Gasteiger partial charge in [0.15, 0.2) is 0 Å². The summed E-state index contributed by atoms with van der Waals surface area (Å²) < 4.78 is 0. The number of rotatable bonds is 0. The lowest BCUT2D eigenvalue weighted by atomic mass is 10.7. The van der Waals surface area contributed by atoms with Crippen LogP contribution in [0.15, 0.2) is 21.9 Å². The molecule has 0 radical (unpaired) electrons. The second-order valence-corrected chi connectivity index (χ2v) is 2.10. The molecule has 0 bridgehead atoms. The highest BCUT2D eigenvalue weighted by atomic mass is 31.2. The monoisotopic (exact) mass is 194 g/mol. The molecule has 7 nitrogen and oxygen atoms in total. The summed E-state index contributed by atoms with van der Waals surface area (Å²) in [6.45, 7) is 0. The van der Waals surface area contributed by atoms with Crippen molar-refractivity contribution in [3.63, 3.8) is 0 Å². The van der Waals surface area contributed by atoms with Crippen LogP contribution in [0, 0.1) is 0 Å². The van der Waals surface area contributed by atoms with E-state index < -0.39 is 14.3 Å². The summed E-state index contributed by atoms with van der Waals surface area (Å²) in [7, 11) is -2.62. The summed E-state index contributed by atoms with van der Waals surface area (Å²) in [5.41, 5.74) is -0.855. The summed E-state index contributed by atoms with van der Waals surface area (Å²) in [4.78, 5) is 46.4. The van der Waals surface area contributed by atoms with E-state index in [1.54, 1.807) is 0 Å². The van der Waals surface area contributed by atoms with Gasteiger partial charge in [0, 0.05) is 12.3 Å². The lowest BCUT2D eigenvalue weighted by Gasteiger charge is -1.76. The van der Waals surface area contributed by atoms with Crippen molar-refractivity contribution in [2.24, 2.45) is 0 Å². The molecule has 5 N–H and O–H groups in total. The second kappa shape index (κ2) is 5.62. The topological polar surface area (TPSA) is 126 Å². The van der Waals surface area contributed by atoms with E-state index in [-0.39, 0.29) is 5.56 Å². The van der Waals surface area contributed by atoms with Gasteiger partial charge in [-0.15, -0.1) is 0 Å². The van der Waals surface area contributed by atoms with Crippen LogP contribution in [-0.2, 0) is 0 Å². The molecule has 12 heavy (non-hydrogen) atoms. The van der Waals surface area contributed by atoms with Gasteiger partial charge in [0.2, 0.25) is 0 Å². The number of nitrogens with one attached hydrogen (secondary N) is 2. The molecular formula is C4H7N2O5P. The van der Waals surface area contributed by atoms with Gasteiger partial charge in [-0.3, -0.25) is 9.78 Å². The molecule has 0 aliphatic rings. The summed E-state index contributed by atoms with van der Waals surface area (Å²) in [5.74, 6) is 0. The molecule has 1 aromatic rings. The van der Waals surface area contributed by atoms with Gasteiger partial charge >= 0.3 is 14.3 Å². The van der Waals surface area contributed by atoms with Gasteiger partial charge in [0.05, 0.1) is 0 Å². The standard InChI is InChI=1S/C4H4N2O2.H3O3P/c7-3-1-2-5-4(8)6-3;1-4(2)3/h1-2H,(H2,5,6,7,8);1-3H. The first kappa shape index (κ1) is 11.0. The van der Waals surface area contributed by atoms with Crippen LogP contribution in [0.1, 0.15) is 0 Å². The number of H-pyrrole nitrogens is 2. The third-order valence-corrected chi connectivity index (χ3v) is 0.686. The molecule has 0 aliphatic carbocycles. The van der Waals surface area contributed by atoms with Crippen molar-refractivity contribution in [1.82, 2.24) is 9.97 Å². The first-order valence-corrected chi connectivity index (χ1v) is 3.87. The van der Waals surface area contributed by atoms with Gasteiger partial charge in [0.25, 0.3) is 5.56 Å². The van der Waals surface area contributed by atoms with Crippen LogP contribution in [0.25, 0.3) is 0 Å². The van der Waals surface area contributed by atoms with Crippen LogP contribution in [-0.4, -0.2) is 24.6 Å². The van der Waals surface area contributed by atoms with Crippen molar-refractivity contribution in [1.29, 1.82) is 0 Å². The van der Waals surface area contributed by atoms with Gasteiger partial charge < -0.3 is 19.7 Å². The predicted octanol–water partition coefficient (Wildman–Crippen LogP) is -1.75. The molecule has 0 aromatic carbocycles. The fraction of sp³-hybridized carbons (Fsp3) is 0. The van der Waals surface area contributed by atoms with E-state index in [1.807, 2.05) is 4.98 Å². The summed E-state index contributed by atoms with van der Waals surface area (Å²) in [6.07, 6.45) is 1.29. The van der Waals surface area contributed by atoms with Crippen molar-refractivity contribution >= 4 is 8.60 Å². The molecule has 0 aliphatic heterocycles. The van der Waals surface area contributed by atoms with Gasteiger partial charge in [-0.25, -0.2) is 4.79 Å². The molecule has 0 amide bonds. The first-order chi connectivity index (χ1) is 5.52. The molecule has 0 atom stereocenters. The largest absolute Gasteiger partial charge is 0.328 e. The van der Waals surface area contributed by atoms with Crippen LogP contribution < -0.4 is 11.2 Å². The third kappa shape index (κ3) is 7.10. The Morgan fingerprint density at radius 3 is 2.00 bits per heavy atom. The van der Waals surface area contributed by atoms with Crippen molar-refractivity contribution in [2.45, 2.75) is 0 Å². The molecule has 1 rings (SSSR count). The molecule has 1 aromatic heterocycles. The zero-order chi connectivity index (χ0) is 9.56. The van der Waals surface area contributed by atoms with Gasteiger partial charge in [-0.05, 0) is 0 Å². The fourth-order valence-electron chi connectivity index (χ4n) is 0.383. The average molecular weight is 194 g/mol. The van der Waals surface area contributed by atoms with E-state index in [4.69, 9.17) is 14.7 Å². The molecule has 1 heterocycles. The smallest absolute Gasteiger partial charge is 0.325 e. The Balaban J connectivity index is 0.000000261. The molecule has 68 valence electrons. The zero-order valence-electron chi connectivity index (χ0n) is 5.76. The zero-order valence-corrected chi connectivity index (χ0v) is 6.65. The Kier molecular flexibility index (Phi) is 5.14. The van der Waals surface area contributed by atoms with Gasteiger partial charge in [0.1, 0.15) is 0 Å². The normalized spacial score (nSPS) is 9.00. The van der Waals surface area contributed by atoms with Crippen LogP contribution in [0.4, 0.5) is 0 Å². The number of aromatic amines is 2.